The molecule has 0 aliphatic carbocycles. The van der Waals surface area contributed by atoms with Crippen LogP contribution in [0.4, 0.5) is 11.4 Å². The van der Waals surface area contributed by atoms with Crippen molar-refractivity contribution in [3.63, 3.8) is 0 Å². The summed E-state index contributed by atoms with van der Waals surface area (Å²) in [7, 11) is 4.04. The maximum absolute atomic E-state index is 12.2. The lowest BCUT2D eigenvalue weighted by atomic mass is 10.1. The van der Waals surface area contributed by atoms with Crippen LogP contribution in [0, 0.1) is 0 Å². The number of hydrogen-bond donors (Lipinski definition) is 2. The van der Waals surface area contributed by atoms with Gasteiger partial charge in [0.2, 0.25) is 11.8 Å². The molecule has 7 nitrogen and oxygen atoms in total. The Labute approximate surface area is 162 Å². The van der Waals surface area contributed by atoms with Gasteiger partial charge in [-0.15, -0.1) is 0 Å². The van der Waals surface area contributed by atoms with Crippen molar-refractivity contribution >= 4 is 23.2 Å². The molecular weight excluding hydrogens is 342 g/mol. The minimum Gasteiger partial charge on any atom is -0.328 e. The van der Waals surface area contributed by atoms with Crippen molar-refractivity contribution in [3.8, 4) is 0 Å². The van der Waals surface area contributed by atoms with E-state index in [1.54, 1.807) is 11.8 Å². The molecule has 0 radical (unpaired) electrons. The quantitative estimate of drug-likeness (QED) is 0.717. The number of amides is 2. The van der Waals surface area contributed by atoms with Gasteiger partial charge in [-0.3, -0.25) is 14.5 Å². The summed E-state index contributed by atoms with van der Waals surface area (Å²) in [6, 6.07) is 7.72. The number of piperidine rings is 1. The number of anilines is 2. The van der Waals surface area contributed by atoms with E-state index >= 15 is 0 Å². The first-order valence-corrected chi connectivity index (χ1v) is 9.66. The zero-order valence-electron chi connectivity index (χ0n) is 16.8. The number of rotatable bonds is 8. The molecule has 0 spiro atoms. The normalized spacial score (nSPS) is 15.7. The van der Waals surface area contributed by atoms with E-state index in [-0.39, 0.29) is 17.9 Å². The molecule has 2 rings (SSSR count). The second kappa shape index (κ2) is 10.4. The van der Waals surface area contributed by atoms with E-state index in [9.17, 15) is 9.59 Å². The maximum Gasteiger partial charge on any atom is 0.238 e. The monoisotopic (exact) mass is 375 g/mol. The van der Waals surface area contributed by atoms with Gasteiger partial charge in [-0.1, -0.05) is 0 Å². The average Bonchev–Trinajstić information content (AvgIpc) is 2.61. The highest BCUT2D eigenvalue weighted by Gasteiger charge is 2.18. The van der Waals surface area contributed by atoms with Gasteiger partial charge in [0.05, 0.1) is 6.54 Å². The van der Waals surface area contributed by atoms with Gasteiger partial charge in [0.1, 0.15) is 0 Å². The third-order valence-corrected chi connectivity index (χ3v) is 4.83. The van der Waals surface area contributed by atoms with Gasteiger partial charge in [0, 0.05) is 44.0 Å². The number of nitrogens with zero attached hydrogens (tertiary/aromatic N) is 3. The molecule has 2 amide bonds. The molecule has 0 unspecified atom stereocenters. The number of carbonyl (C=O) groups excluding carboxylic acids is 2. The Morgan fingerprint density at radius 3 is 2.33 bits per heavy atom. The zero-order chi connectivity index (χ0) is 19.8. The van der Waals surface area contributed by atoms with Crippen LogP contribution in [0.25, 0.3) is 0 Å². The second-order valence-electron chi connectivity index (χ2n) is 7.54. The van der Waals surface area contributed by atoms with E-state index in [2.05, 4.69) is 15.1 Å². The molecular formula is C20H33N5O2. The van der Waals surface area contributed by atoms with Crippen molar-refractivity contribution in [2.24, 2.45) is 5.73 Å². The molecule has 0 aromatic heterocycles. The van der Waals surface area contributed by atoms with Gasteiger partial charge < -0.3 is 20.9 Å². The van der Waals surface area contributed by atoms with Crippen molar-refractivity contribution in [3.05, 3.63) is 24.3 Å². The van der Waals surface area contributed by atoms with Crippen LogP contribution in [-0.2, 0) is 9.59 Å². The highest BCUT2D eigenvalue weighted by Crippen LogP contribution is 2.19. The van der Waals surface area contributed by atoms with Crippen LogP contribution in [0.5, 0.6) is 0 Å². The zero-order valence-corrected chi connectivity index (χ0v) is 16.8. The third kappa shape index (κ3) is 7.28. The largest absolute Gasteiger partial charge is 0.328 e. The van der Waals surface area contributed by atoms with Gasteiger partial charge in [-0.05, 0) is 64.2 Å². The third-order valence-electron chi connectivity index (χ3n) is 4.83. The van der Waals surface area contributed by atoms with Crippen LogP contribution in [0.15, 0.2) is 24.3 Å². The summed E-state index contributed by atoms with van der Waals surface area (Å²) in [6.07, 6.45) is 2.79. The lowest BCUT2D eigenvalue weighted by molar-refractivity contribution is -0.118. The van der Waals surface area contributed by atoms with E-state index in [0.717, 1.165) is 50.3 Å². The molecule has 3 N–H and O–H groups in total. The van der Waals surface area contributed by atoms with Crippen molar-refractivity contribution in [2.75, 3.05) is 57.0 Å². The minimum atomic E-state index is -0.0207. The lowest BCUT2D eigenvalue weighted by Crippen LogP contribution is -2.43. The highest BCUT2D eigenvalue weighted by atomic mass is 16.2. The van der Waals surface area contributed by atoms with E-state index < -0.39 is 0 Å². The minimum absolute atomic E-state index is 0.0207. The first-order chi connectivity index (χ1) is 12.8. The van der Waals surface area contributed by atoms with Gasteiger partial charge in [0.15, 0.2) is 0 Å². The van der Waals surface area contributed by atoms with Crippen LogP contribution < -0.4 is 16.0 Å². The fourth-order valence-corrected chi connectivity index (χ4v) is 3.25. The van der Waals surface area contributed by atoms with Crippen molar-refractivity contribution in [1.29, 1.82) is 0 Å². The SMILES string of the molecule is CC(=O)N(CCCN(C)C)c1ccc(NC(=O)CN2CCC(N)CC2)cc1. The molecule has 0 bridgehead atoms. The topological polar surface area (TPSA) is 81.9 Å². The van der Waals surface area contributed by atoms with E-state index in [1.165, 1.54) is 0 Å². The summed E-state index contributed by atoms with van der Waals surface area (Å²) in [5, 5.41) is 2.93. The first-order valence-electron chi connectivity index (χ1n) is 9.66. The van der Waals surface area contributed by atoms with Crippen LogP contribution in [0.1, 0.15) is 26.2 Å². The van der Waals surface area contributed by atoms with Crippen molar-refractivity contribution in [2.45, 2.75) is 32.2 Å². The van der Waals surface area contributed by atoms with Crippen LogP contribution >= 0.6 is 0 Å². The Morgan fingerprint density at radius 1 is 1.15 bits per heavy atom. The van der Waals surface area contributed by atoms with E-state index in [1.807, 2.05) is 38.4 Å². The Kier molecular flexibility index (Phi) is 8.22. The second-order valence-corrected chi connectivity index (χ2v) is 7.54. The summed E-state index contributed by atoms with van der Waals surface area (Å²) in [5.74, 6) is 0.00137. The van der Waals surface area contributed by atoms with Crippen molar-refractivity contribution < 1.29 is 9.59 Å². The van der Waals surface area contributed by atoms with Gasteiger partial charge in [0.25, 0.3) is 0 Å². The number of benzene rings is 1. The Hall–Kier alpha value is -1.96. The summed E-state index contributed by atoms with van der Waals surface area (Å²) in [6.45, 7) is 5.31. The number of carbonyl (C=O) groups is 2. The molecule has 1 heterocycles. The summed E-state index contributed by atoms with van der Waals surface area (Å²) in [4.78, 5) is 30.2. The maximum atomic E-state index is 12.2. The number of nitrogens with one attached hydrogen (secondary N) is 1. The predicted molar refractivity (Wildman–Crippen MR) is 110 cm³/mol. The molecule has 1 saturated heterocycles. The Morgan fingerprint density at radius 2 is 1.78 bits per heavy atom. The predicted octanol–water partition coefficient (Wildman–Crippen LogP) is 1.35. The summed E-state index contributed by atoms with van der Waals surface area (Å²) < 4.78 is 0. The molecule has 1 fully saturated rings. The van der Waals surface area contributed by atoms with Crippen LogP contribution in [0.3, 0.4) is 0 Å². The average molecular weight is 376 g/mol. The van der Waals surface area contributed by atoms with Crippen molar-refractivity contribution in [1.82, 2.24) is 9.80 Å². The molecule has 7 heteroatoms. The van der Waals surface area contributed by atoms with Gasteiger partial charge in [-0.2, -0.15) is 0 Å². The first kappa shape index (κ1) is 21.3. The number of hydrogen-bond acceptors (Lipinski definition) is 5. The fourth-order valence-electron chi connectivity index (χ4n) is 3.25. The molecule has 0 atom stereocenters. The number of nitrogens with two attached hydrogens (primary N) is 1. The number of likely N-dealkylation sites (tertiary alicyclic amines) is 1. The Bertz CT molecular complexity index is 609. The molecule has 27 heavy (non-hydrogen) atoms. The van der Waals surface area contributed by atoms with Crippen LogP contribution in [0.2, 0.25) is 0 Å². The summed E-state index contributed by atoms with van der Waals surface area (Å²) >= 11 is 0. The Balaban J connectivity index is 1.87. The van der Waals surface area contributed by atoms with E-state index in [0.29, 0.717) is 13.1 Å². The summed E-state index contributed by atoms with van der Waals surface area (Å²) in [5.41, 5.74) is 7.49. The van der Waals surface area contributed by atoms with E-state index in [4.69, 9.17) is 5.73 Å². The fraction of sp³-hybridized carbons (Fsp3) is 0.600. The highest BCUT2D eigenvalue weighted by molar-refractivity contribution is 5.94. The smallest absolute Gasteiger partial charge is 0.238 e. The lowest BCUT2D eigenvalue weighted by Gasteiger charge is -2.29. The van der Waals surface area contributed by atoms with Gasteiger partial charge >= 0.3 is 0 Å². The molecule has 1 aliphatic rings. The standard InChI is InChI=1S/C20H33N5O2/c1-16(26)25(12-4-11-23(2)3)19-7-5-18(6-8-19)22-20(27)15-24-13-9-17(21)10-14-24/h5-8,17H,4,9-15,21H2,1-3H3,(H,22,27). The molecule has 0 saturated carbocycles. The molecule has 1 aromatic carbocycles. The molecule has 150 valence electrons. The van der Waals surface area contributed by atoms with Crippen LogP contribution in [-0.4, -0.2) is 74.5 Å². The molecule has 1 aliphatic heterocycles. The molecule has 1 aromatic rings. The van der Waals surface area contributed by atoms with Gasteiger partial charge in [-0.25, -0.2) is 0 Å².